The first-order valence-electron chi connectivity index (χ1n) is 5.22. The molecule has 0 bridgehead atoms. The highest BCUT2D eigenvalue weighted by Gasteiger charge is 2.47. The normalized spacial score (nSPS) is 40.4. The molecule has 1 heterocycles. The highest BCUT2D eigenvalue weighted by atomic mass is 16.3. The molecule has 3 heteroatoms. The Hall–Kier alpha value is -0.570. The molecule has 0 aromatic rings. The molecule has 2 rings (SSSR count). The van der Waals surface area contributed by atoms with E-state index in [1.807, 2.05) is 0 Å². The van der Waals surface area contributed by atoms with Gasteiger partial charge in [-0.3, -0.25) is 4.79 Å². The van der Waals surface area contributed by atoms with Gasteiger partial charge in [-0.05, 0) is 25.7 Å². The summed E-state index contributed by atoms with van der Waals surface area (Å²) in [5.41, 5.74) is -0.420. The lowest BCUT2D eigenvalue weighted by atomic mass is 9.67. The fourth-order valence-corrected chi connectivity index (χ4v) is 2.67. The number of carbonyl (C=O) groups is 1. The van der Waals surface area contributed by atoms with Crippen molar-refractivity contribution in [3.8, 4) is 0 Å². The maximum atomic E-state index is 11.7. The standard InChI is InChI=1S/C10H17NO2/c12-8-4-1-2-5-10(8)6-3-7-11-9(10)13/h8,12H,1-7H2,(H,11,13). The van der Waals surface area contributed by atoms with Gasteiger partial charge in [-0.1, -0.05) is 12.8 Å². The SMILES string of the molecule is O=C1NCCCC12CCCCC2O. The van der Waals surface area contributed by atoms with E-state index in [-0.39, 0.29) is 5.91 Å². The van der Waals surface area contributed by atoms with Gasteiger partial charge in [0.15, 0.2) is 0 Å². The van der Waals surface area contributed by atoms with Crippen molar-refractivity contribution in [3.63, 3.8) is 0 Å². The van der Waals surface area contributed by atoms with Crippen molar-refractivity contribution in [1.82, 2.24) is 5.32 Å². The quantitative estimate of drug-likeness (QED) is 0.584. The van der Waals surface area contributed by atoms with E-state index in [4.69, 9.17) is 0 Å². The van der Waals surface area contributed by atoms with Gasteiger partial charge in [-0.15, -0.1) is 0 Å². The van der Waals surface area contributed by atoms with Crippen LogP contribution >= 0.6 is 0 Å². The van der Waals surface area contributed by atoms with Crippen LogP contribution in [0.25, 0.3) is 0 Å². The van der Waals surface area contributed by atoms with Crippen molar-refractivity contribution >= 4 is 5.91 Å². The first-order valence-corrected chi connectivity index (χ1v) is 5.22. The van der Waals surface area contributed by atoms with Crippen LogP contribution < -0.4 is 5.32 Å². The number of amides is 1. The number of rotatable bonds is 0. The molecule has 2 fully saturated rings. The third-order valence-corrected chi connectivity index (χ3v) is 3.53. The van der Waals surface area contributed by atoms with E-state index >= 15 is 0 Å². The van der Waals surface area contributed by atoms with Gasteiger partial charge >= 0.3 is 0 Å². The summed E-state index contributed by atoms with van der Waals surface area (Å²) in [6.07, 6.45) is 5.32. The first kappa shape index (κ1) is 9.00. The van der Waals surface area contributed by atoms with Gasteiger partial charge in [-0.2, -0.15) is 0 Å². The highest BCUT2D eigenvalue weighted by molar-refractivity contribution is 5.84. The lowest BCUT2D eigenvalue weighted by Gasteiger charge is -2.42. The van der Waals surface area contributed by atoms with Crippen LogP contribution in [-0.4, -0.2) is 23.7 Å². The Bertz CT molecular complexity index is 211. The van der Waals surface area contributed by atoms with Crippen LogP contribution in [0, 0.1) is 5.41 Å². The van der Waals surface area contributed by atoms with Crippen LogP contribution in [0.1, 0.15) is 38.5 Å². The van der Waals surface area contributed by atoms with Gasteiger partial charge < -0.3 is 10.4 Å². The third-order valence-electron chi connectivity index (χ3n) is 3.53. The number of carbonyl (C=O) groups excluding carboxylic acids is 1. The van der Waals surface area contributed by atoms with Crippen LogP contribution in [0.2, 0.25) is 0 Å². The van der Waals surface area contributed by atoms with Gasteiger partial charge in [0.05, 0.1) is 11.5 Å². The summed E-state index contributed by atoms with van der Waals surface area (Å²) < 4.78 is 0. The number of aliphatic hydroxyl groups is 1. The van der Waals surface area contributed by atoms with Gasteiger partial charge in [0, 0.05) is 6.54 Å². The number of aliphatic hydroxyl groups excluding tert-OH is 1. The Labute approximate surface area is 78.5 Å². The van der Waals surface area contributed by atoms with E-state index in [1.54, 1.807) is 0 Å². The summed E-state index contributed by atoms with van der Waals surface area (Å²) in [4.78, 5) is 11.7. The first-order chi connectivity index (χ1) is 6.26. The number of piperidine rings is 1. The molecule has 0 aromatic carbocycles. The average Bonchev–Trinajstić information content (AvgIpc) is 2.15. The molecule has 1 saturated carbocycles. The van der Waals surface area contributed by atoms with Crippen molar-refractivity contribution in [3.05, 3.63) is 0 Å². The van der Waals surface area contributed by atoms with Gasteiger partial charge in [-0.25, -0.2) is 0 Å². The minimum atomic E-state index is -0.420. The van der Waals surface area contributed by atoms with Crippen molar-refractivity contribution in [2.45, 2.75) is 44.6 Å². The average molecular weight is 183 g/mol. The van der Waals surface area contributed by atoms with Crippen molar-refractivity contribution in [1.29, 1.82) is 0 Å². The van der Waals surface area contributed by atoms with Crippen molar-refractivity contribution < 1.29 is 9.90 Å². The highest BCUT2D eigenvalue weighted by Crippen LogP contribution is 2.42. The maximum Gasteiger partial charge on any atom is 0.228 e. The molecule has 2 atom stereocenters. The Morgan fingerprint density at radius 1 is 1.31 bits per heavy atom. The zero-order chi connectivity index (χ0) is 9.31. The van der Waals surface area contributed by atoms with E-state index in [9.17, 15) is 9.90 Å². The summed E-state index contributed by atoms with van der Waals surface area (Å²) in [5.74, 6) is 0.0888. The Morgan fingerprint density at radius 2 is 2.08 bits per heavy atom. The molecule has 2 unspecified atom stereocenters. The van der Waals surface area contributed by atoms with Gasteiger partial charge in [0.25, 0.3) is 0 Å². The number of hydrogen-bond acceptors (Lipinski definition) is 2. The van der Waals surface area contributed by atoms with E-state index in [0.717, 1.165) is 45.1 Å². The molecule has 2 N–H and O–H groups in total. The monoisotopic (exact) mass is 183 g/mol. The Balaban J connectivity index is 2.18. The predicted octanol–water partition coefficient (Wildman–Crippen LogP) is 0.818. The summed E-state index contributed by atoms with van der Waals surface area (Å²) in [6, 6.07) is 0. The zero-order valence-corrected chi connectivity index (χ0v) is 7.88. The fraction of sp³-hybridized carbons (Fsp3) is 0.900. The molecule has 1 spiro atoms. The topological polar surface area (TPSA) is 49.3 Å². The van der Waals surface area contributed by atoms with Crippen LogP contribution in [0.4, 0.5) is 0 Å². The van der Waals surface area contributed by atoms with E-state index in [2.05, 4.69) is 5.32 Å². The van der Waals surface area contributed by atoms with Gasteiger partial charge in [0.2, 0.25) is 5.91 Å². The van der Waals surface area contributed by atoms with Crippen molar-refractivity contribution in [2.24, 2.45) is 5.41 Å². The summed E-state index contributed by atoms with van der Waals surface area (Å²) in [7, 11) is 0. The molecule has 0 radical (unpaired) electrons. The van der Waals surface area contributed by atoms with Crippen molar-refractivity contribution in [2.75, 3.05) is 6.54 Å². The molecule has 1 aliphatic carbocycles. The van der Waals surface area contributed by atoms with E-state index < -0.39 is 11.5 Å². The van der Waals surface area contributed by atoms with Crippen LogP contribution in [-0.2, 0) is 4.79 Å². The molecular weight excluding hydrogens is 166 g/mol. The molecule has 1 saturated heterocycles. The Kier molecular flexibility index (Phi) is 2.28. The second-order valence-electron chi connectivity index (χ2n) is 4.28. The predicted molar refractivity (Wildman–Crippen MR) is 49.2 cm³/mol. The lowest BCUT2D eigenvalue weighted by Crippen LogP contribution is -2.53. The summed E-state index contributed by atoms with van der Waals surface area (Å²) >= 11 is 0. The van der Waals surface area contributed by atoms with Gasteiger partial charge in [0.1, 0.15) is 0 Å². The molecule has 13 heavy (non-hydrogen) atoms. The number of hydrogen-bond donors (Lipinski definition) is 2. The van der Waals surface area contributed by atoms with Crippen LogP contribution in [0.5, 0.6) is 0 Å². The summed E-state index contributed by atoms with van der Waals surface area (Å²) in [5, 5.41) is 12.8. The maximum absolute atomic E-state index is 11.7. The summed E-state index contributed by atoms with van der Waals surface area (Å²) in [6.45, 7) is 0.785. The molecule has 74 valence electrons. The third kappa shape index (κ3) is 1.35. The van der Waals surface area contributed by atoms with E-state index in [0.29, 0.717) is 0 Å². The molecule has 1 amide bonds. The molecule has 3 nitrogen and oxygen atoms in total. The number of nitrogens with one attached hydrogen (secondary N) is 1. The molecule has 0 aromatic heterocycles. The largest absolute Gasteiger partial charge is 0.392 e. The fourth-order valence-electron chi connectivity index (χ4n) is 2.67. The van der Waals surface area contributed by atoms with E-state index in [1.165, 1.54) is 0 Å². The molecular formula is C10H17NO2. The molecule has 2 aliphatic rings. The minimum absolute atomic E-state index is 0.0888. The second kappa shape index (κ2) is 3.29. The smallest absolute Gasteiger partial charge is 0.228 e. The minimum Gasteiger partial charge on any atom is -0.392 e. The molecule has 1 aliphatic heterocycles. The van der Waals surface area contributed by atoms with Crippen LogP contribution in [0.15, 0.2) is 0 Å². The Morgan fingerprint density at radius 3 is 2.77 bits per heavy atom. The second-order valence-corrected chi connectivity index (χ2v) is 4.28. The lowest BCUT2D eigenvalue weighted by molar-refractivity contribution is -0.145. The zero-order valence-electron chi connectivity index (χ0n) is 7.88. The van der Waals surface area contributed by atoms with Crippen LogP contribution in [0.3, 0.4) is 0 Å².